The van der Waals surface area contributed by atoms with Crippen molar-refractivity contribution in [2.45, 2.75) is 51.0 Å². The fraction of sp³-hybridized carbons (Fsp3) is 0.684. The molecule has 0 aliphatic carbocycles. The number of nitrogens with one attached hydrogen (secondary N) is 1. The monoisotopic (exact) mass is 349 g/mol. The highest BCUT2D eigenvalue weighted by Crippen LogP contribution is 2.31. The van der Waals surface area contributed by atoms with E-state index < -0.39 is 6.10 Å². The summed E-state index contributed by atoms with van der Waals surface area (Å²) in [4.78, 5) is 4.30. The normalized spacial score (nSPS) is 31.5. The van der Waals surface area contributed by atoms with Crippen molar-refractivity contribution < 1.29 is 14.6 Å². The third kappa shape index (κ3) is 3.83. The van der Waals surface area contributed by atoms with Gasteiger partial charge in [-0.1, -0.05) is 26.0 Å². The van der Waals surface area contributed by atoms with Gasteiger partial charge in [-0.2, -0.15) is 0 Å². The Bertz CT molecular complexity index is 545. The van der Waals surface area contributed by atoms with Gasteiger partial charge in [-0.15, -0.1) is 0 Å². The van der Waals surface area contributed by atoms with Crippen LogP contribution >= 0.6 is 0 Å². The van der Waals surface area contributed by atoms with Gasteiger partial charge in [0.05, 0.1) is 24.8 Å². The third-order valence-corrected chi connectivity index (χ3v) is 5.36. The van der Waals surface area contributed by atoms with Gasteiger partial charge in [0.2, 0.25) is 0 Å². The lowest BCUT2D eigenvalue weighted by Gasteiger charge is -2.43. The van der Waals surface area contributed by atoms with Crippen LogP contribution in [0, 0.1) is 0 Å². The van der Waals surface area contributed by atoms with Gasteiger partial charge in [-0.3, -0.25) is 4.90 Å². The van der Waals surface area contributed by atoms with Crippen LogP contribution in [-0.4, -0.2) is 74.4 Å². The molecule has 2 fully saturated rings. The summed E-state index contributed by atoms with van der Waals surface area (Å²) in [5.41, 5.74) is 2.37. The summed E-state index contributed by atoms with van der Waals surface area (Å²) in [6.45, 7) is 7.18. The minimum absolute atomic E-state index is 0.0899. The standard InChI is InChI=1S/C19H31N3O3/c1-5-22(6-2)17-18(23)16(15-12-24-19(17)25-15)20-11-13-7-9-14(10-8-13)21(3)4/h7-10,15-20,23H,5-6,11-12H2,1-4H3/t15-,16+,17-,18-,19+/m0/s1. The second-order valence-corrected chi connectivity index (χ2v) is 7.05. The van der Waals surface area contributed by atoms with Crippen LogP contribution in [0.2, 0.25) is 0 Å². The number of hydrogen-bond donors (Lipinski definition) is 2. The van der Waals surface area contributed by atoms with Crippen molar-refractivity contribution in [1.82, 2.24) is 10.2 Å². The van der Waals surface area contributed by atoms with Crippen LogP contribution in [0.3, 0.4) is 0 Å². The first-order valence-corrected chi connectivity index (χ1v) is 9.24. The van der Waals surface area contributed by atoms with E-state index >= 15 is 0 Å². The molecule has 6 nitrogen and oxygen atoms in total. The summed E-state index contributed by atoms with van der Waals surface area (Å²) in [7, 11) is 4.07. The molecule has 2 heterocycles. The first kappa shape index (κ1) is 18.6. The molecule has 3 rings (SSSR count). The average molecular weight is 349 g/mol. The maximum atomic E-state index is 11.0. The summed E-state index contributed by atoms with van der Waals surface area (Å²) in [5, 5.41) is 14.5. The van der Waals surface area contributed by atoms with E-state index in [1.807, 2.05) is 14.1 Å². The number of benzene rings is 1. The van der Waals surface area contributed by atoms with Gasteiger partial charge in [0.25, 0.3) is 0 Å². The number of ether oxygens (including phenoxy) is 2. The van der Waals surface area contributed by atoms with Crippen LogP contribution < -0.4 is 10.2 Å². The second-order valence-electron chi connectivity index (χ2n) is 7.05. The molecule has 0 amide bonds. The number of hydrogen-bond acceptors (Lipinski definition) is 6. The smallest absolute Gasteiger partial charge is 0.176 e. The average Bonchev–Trinajstić information content (AvgIpc) is 3.04. The fourth-order valence-electron chi connectivity index (χ4n) is 3.83. The number of fused-ring (bicyclic) bond motifs is 2. The Morgan fingerprint density at radius 3 is 2.44 bits per heavy atom. The molecule has 0 radical (unpaired) electrons. The Morgan fingerprint density at radius 1 is 1.16 bits per heavy atom. The summed E-state index contributed by atoms with van der Waals surface area (Å²) >= 11 is 0. The Kier molecular flexibility index (Phi) is 5.96. The van der Waals surface area contributed by atoms with Gasteiger partial charge in [0, 0.05) is 26.3 Å². The van der Waals surface area contributed by atoms with Crippen molar-refractivity contribution in [3.63, 3.8) is 0 Å². The Balaban J connectivity index is 1.66. The largest absolute Gasteiger partial charge is 0.390 e. The molecule has 2 aliphatic rings. The summed E-state index contributed by atoms with van der Waals surface area (Å²) in [6, 6.07) is 8.21. The summed E-state index contributed by atoms with van der Waals surface area (Å²) < 4.78 is 11.8. The molecule has 25 heavy (non-hydrogen) atoms. The van der Waals surface area contributed by atoms with E-state index in [0.29, 0.717) is 13.2 Å². The zero-order valence-corrected chi connectivity index (χ0v) is 15.7. The molecule has 2 bridgehead atoms. The van der Waals surface area contributed by atoms with Gasteiger partial charge in [-0.25, -0.2) is 0 Å². The number of likely N-dealkylation sites (N-methyl/N-ethyl adjacent to an activating group) is 1. The van der Waals surface area contributed by atoms with Crippen LogP contribution in [0.5, 0.6) is 0 Å². The Morgan fingerprint density at radius 2 is 1.84 bits per heavy atom. The number of aliphatic hydroxyl groups excluding tert-OH is 1. The van der Waals surface area contributed by atoms with E-state index in [1.165, 1.54) is 11.3 Å². The van der Waals surface area contributed by atoms with Crippen LogP contribution in [0.4, 0.5) is 5.69 Å². The van der Waals surface area contributed by atoms with Gasteiger partial charge in [0.1, 0.15) is 6.10 Å². The molecule has 6 heteroatoms. The minimum atomic E-state index is -0.507. The highest BCUT2D eigenvalue weighted by molar-refractivity contribution is 5.45. The number of aliphatic hydroxyl groups is 1. The molecule has 0 unspecified atom stereocenters. The van der Waals surface area contributed by atoms with Crippen molar-refractivity contribution in [1.29, 1.82) is 0 Å². The molecule has 2 N–H and O–H groups in total. The maximum Gasteiger partial charge on any atom is 0.176 e. The molecule has 2 saturated heterocycles. The van der Waals surface area contributed by atoms with Crippen LogP contribution in [0.15, 0.2) is 24.3 Å². The Hall–Kier alpha value is -1.18. The van der Waals surface area contributed by atoms with E-state index in [-0.39, 0.29) is 24.5 Å². The van der Waals surface area contributed by atoms with Crippen molar-refractivity contribution >= 4 is 5.69 Å². The SMILES string of the molecule is CCN(CC)[C@@H]1[C@@H]2OC[C@H](O2)[C@@H](NCc2ccc(N(C)C)cc2)[C@@H]1O. The van der Waals surface area contributed by atoms with Gasteiger partial charge < -0.3 is 24.8 Å². The molecule has 5 atom stereocenters. The molecule has 0 saturated carbocycles. The molecule has 2 aliphatic heterocycles. The van der Waals surface area contributed by atoms with Crippen molar-refractivity contribution in [3.05, 3.63) is 29.8 Å². The predicted molar refractivity (Wildman–Crippen MR) is 98.7 cm³/mol. The number of rotatable bonds is 7. The molecule has 1 aromatic rings. The number of nitrogens with zero attached hydrogens (tertiary/aromatic N) is 2. The molecule has 0 spiro atoms. The van der Waals surface area contributed by atoms with Crippen molar-refractivity contribution in [3.8, 4) is 0 Å². The second kappa shape index (κ2) is 8.01. The lowest BCUT2D eigenvalue weighted by atomic mass is 9.94. The quantitative estimate of drug-likeness (QED) is 0.767. The van der Waals surface area contributed by atoms with Gasteiger partial charge in [-0.05, 0) is 30.8 Å². The predicted octanol–water partition coefficient (Wildman–Crippen LogP) is 1.04. The van der Waals surface area contributed by atoms with E-state index in [1.54, 1.807) is 0 Å². The van der Waals surface area contributed by atoms with Crippen LogP contribution in [0.1, 0.15) is 19.4 Å². The molecule has 1 aromatic carbocycles. The summed E-state index contributed by atoms with van der Waals surface area (Å²) in [5.74, 6) is 0. The fourth-order valence-corrected chi connectivity index (χ4v) is 3.83. The Labute approximate surface area is 150 Å². The zero-order valence-electron chi connectivity index (χ0n) is 15.7. The van der Waals surface area contributed by atoms with E-state index in [4.69, 9.17) is 9.47 Å². The van der Waals surface area contributed by atoms with Crippen molar-refractivity contribution in [2.75, 3.05) is 38.7 Å². The molecule has 0 aromatic heterocycles. The van der Waals surface area contributed by atoms with E-state index in [2.05, 4.69) is 53.2 Å². The third-order valence-electron chi connectivity index (χ3n) is 5.36. The molecule has 140 valence electrons. The van der Waals surface area contributed by atoms with Crippen LogP contribution in [0.25, 0.3) is 0 Å². The first-order valence-electron chi connectivity index (χ1n) is 9.24. The minimum Gasteiger partial charge on any atom is -0.390 e. The molecular formula is C19H31N3O3. The highest BCUT2D eigenvalue weighted by Gasteiger charge is 2.51. The lowest BCUT2D eigenvalue weighted by Crippen LogP contribution is -2.64. The lowest BCUT2D eigenvalue weighted by molar-refractivity contribution is -0.181. The summed E-state index contributed by atoms with van der Waals surface area (Å²) in [6.07, 6.45) is -0.919. The van der Waals surface area contributed by atoms with Gasteiger partial charge >= 0.3 is 0 Å². The number of anilines is 1. The van der Waals surface area contributed by atoms with E-state index in [0.717, 1.165) is 13.1 Å². The van der Waals surface area contributed by atoms with Crippen LogP contribution in [-0.2, 0) is 16.0 Å². The first-order chi connectivity index (χ1) is 12.0. The van der Waals surface area contributed by atoms with E-state index in [9.17, 15) is 5.11 Å². The highest BCUT2D eigenvalue weighted by atomic mass is 16.7. The molecular weight excluding hydrogens is 318 g/mol. The topological polar surface area (TPSA) is 57.2 Å². The maximum absolute atomic E-state index is 11.0. The van der Waals surface area contributed by atoms with Gasteiger partial charge in [0.15, 0.2) is 6.29 Å². The zero-order chi connectivity index (χ0) is 18.0. The van der Waals surface area contributed by atoms with Crippen molar-refractivity contribution in [2.24, 2.45) is 0 Å².